The molecule has 4 nitrogen and oxygen atoms in total. The molecule has 0 fully saturated rings. The Labute approximate surface area is 152 Å². The molecule has 0 unspecified atom stereocenters. The summed E-state index contributed by atoms with van der Waals surface area (Å²) in [4.78, 5) is 19.1. The van der Waals surface area contributed by atoms with Gasteiger partial charge in [0, 0.05) is 17.6 Å². The lowest BCUT2D eigenvalue weighted by Gasteiger charge is -2.02. The van der Waals surface area contributed by atoms with Crippen LogP contribution in [0.4, 0.5) is 10.9 Å². The van der Waals surface area contributed by atoms with Gasteiger partial charge in [-0.1, -0.05) is 30.3 Å². The number of halogens is 2. The van der Waals surface area contributed by atoms with Crippen molar-refractivity contribution in [2.24, 2.45) is 0 Å². The Bertz CT molecular complexity index is 819. The molecule has 7 heteroatoms. The van der Waals surface area contributed by atoms with Gasteiger partial charge >= 0.3 is 0 Å². The number of aromatic amines is 1. The fourth-order valence-corrected chi connectivity index (χ4v) is 3.02. The van der Waals surface area contributed by atoms with Crippen LogP contribution in [0.15, 0.2) is 57.2 Å². The van der Waals surface area contributed by atoms with Gasteiger partial charge in [-0.25, -0.2) is 4.98 Å². The average molecular weight is 413 g/mol. The molecule has 0 saturated heterocycles. The minimum atomic E-state index is -0.0675. The molecule has 2 heterocycles. The van der Waals surface area contributed by atoms with Gasteiger partial charge in [0.1, 0.15) is 5.82 Å². The second-order valence-electron chi connectivity index (χ2n) is 4.81. The van der Waals surface area contributed by atoms with Gasteiger partial charge in [0.15, 0.2) is 10.6 Å². The van der Waals surface area contributed by atoms with Crippen LogP contribution in [0, 0.1) is 0 Å². The molecular weight excluding hydrogens is 398 g/mol. The van der Waals surface area contributed by atoms with Crippen molar-refractivity contribution in [3.63, 3.8) is 0 Å². The summed E-state index contributed by atoms with van der Waals surface area (Å²) in [6.07, 6.45) is 3.49. The van der Waals surface area contributed by atoms with Crippen molar-refractivity contribution in [1.29, 1.82) is 0 Å². The van der Waals surface area contributed by atoms with Crippen molar-refractivity contribution in [2.75, 3.05) is 5.32 Å². The van der Waals surface area contributed by atoms with Crippen LogP contribution in [0.25, 0.3) is 0 Å². The number of nitrogens with zero attached hydrogens (tertiary/aromatic N) is 1. The van der Waals surface area contributed by atoms with Crippen LogP contribution >= 0.6 is 39.7 Å². The summed E-state index contributed by atoms with van der Waals surface area (Å²) >= 11 is 4.71. The summed E-state index contributed by atoms with van der Waals surface area (Å²) in [5.41, 5.74) is 2.29. The van der Waals surface area contributed by atoms with E-state index in [1.54, 1.807) is 6.20 Å². The van der Waals surface area contributed by atoms with E-state index in [-0.39, 0.29) is 17.8 Å². The number of rotatable bonds is 5. The SMILES string of the molecule is Cl.O=c1cc(Nc2nc(CCc3ccccc3)cs2)[nH]cc1Br. The summed E-state index contributed by atoms with van der Waals surface area (Å²) in [7, 11) is 0. The largest absolute Gasteiger partial charge is 0.347 e. The first-order chi connectivity index (χ1) is 10.7. The first-order valence-electron chi connectivity index (χ1n) is 6.84. The van der Waals surface area contributed by atoms with E-state index in [2.05, 4.69) is 43.3 Å². The molecule has 0 bridgehead atoms. The molecule has 1 aromatic carbocycles. The highest BCUT2D eigenvalue weighted by molar-refractivity contribution is 9.10. The number of aryl methyl sites for hydroxylation is 2. The van der Waals surface area contributed by atoms with Gasteiger partial charge in [0.05, 0.1) is 10.2 Å². The Morgan fingerprint density at radius 2 is 2.00 bits per heavy atom. The zero-order valence-electron chi connectivity index (χ0n) is 12.1. The number of anilines is 2. The van der Waals surface area contributed by atoms with Crippen LogP contribution in [0.1, 0.15) is 11.3 Å². The third-order valence-corrected chi connectivity index (χ3v) is 4.60. The topological polar surface area (TPSA) is 57.8 Å². The van der Waals surface area contributed by atoms with Crippen LogP contribution in [-0.4, -0.2) is 9.97 Å². The molecule has 3 rings (SSSR count). The molecule has 3 aromatic rings. The molecule has 120 valence electrons. The Hall–Kier alpha value is -1.63. The molecule has 23 heavy (non-hydrogen) atoms. The Balaban J connectivity index is 0.00000192. The standard InChI is InChI=1S/C16H14BrN3OS.ClH/c17-13-9-18-15(8-14(13)21)20-16-19-12(10-22-16)7-6-11-4-2-1-3-5-11;/h1-5,8-10H,6-7H2,(H2,18,19,20,21);1H. The normalized spacial score (nSPS) is 10.1. The van der Waals surface area contributed by atoms with E-state index >= 15 is 0 Å². The molecule has 0 atom stereocenters. The highest BCUT2D eigenvalue weighted by Gasteiger charge is 2.04. The Morgan fingerprint density at radius 1 is 1.22 bits per heavy atom. The lowest BCUT2D eigenvalue weighted by atomic mass is 10.1. The fourth-order valence-electron chi connectivity index (χ4n) is 2.04. The maximum absolute atomic E-state index is 11.6. The second-order valence-corrected chi connectivity index (χ2v) is 6.53. The average Bonchev–Trinajstić information content (AvgIpc) is 2.97. The maximum Gasteiger partial charge on any atom is 0.197 e. The molecule has 0 aliphatic carbocycles. The highest BCUT2D eigenvalue weighted by Crippen LogP contribution is 2.20. The zero-order valence-corrected chi connectivity index (χ0v) is 15.3. The zero-order chi connectivity index (χ0) is 15.4. The van der Waals surface area contributed by atoms with E-state index in [9.17, 15) is 4.79 Å². The molecule has 2 aromatic heterocycles. The molecule has 0 amide bonds. The van der Waals surface area contributed by atoms with Gasteiger partial charge in [0.25, 0.3) is 0 Å². The first kappa shape index (κ1) is 17.7. The summed E-state index contributed by atoms with van der Waals surface area (Å²) < 4.78 is 0.515. The summed E-state index contributed by atoms with van der Waals surface area (Å²) in [5, 5.41) is 5.94. The van der Waals surface area contributed by atoms with E-state index < -0.39 is 0 Å². The van der Waals surface area contributed by atoms with Crippen molar-refractivity contribution < 1.29 is 0 Å². The molecule has 0 spiro atoms. The van der Waals surface area contributed by atoms with E-state index in [1.807, 2.05) is 23.6 Å². The van der Waals surface area contributed by atoms with Crippen molar-refractivity contribution in [3.05, 3.63) is 73.9 Å². The number of hydrogen-bond donors (Lipinski definition) is 2. The van der Waals surface area contributed by atoms with Gasteiger partial charge in [-0.2, -0.15) is 0 Å². The minimum absolute atomic E-state index is 0. The maximum atomic E-state index is 11.6. The number of pyridine rings is 1. The summed E-state index contributed by atoms with van der Waals surface area (Å²) in [6, 6.07) is 11.9. The first-order valence-corrected chi connectivity index (χ1v) is 8.51. The van der Waals surface area contributed by atoms with Crippen LogP contribution in [0.3, 0.4) is 0 Å². The predicted octanol–water partition coefficient (Wildman–Crippen LogP) is 4.54. The van der Waals surface area contributed by atoms with Crippen molar-refractivity contribution >= 4 is 50.6 Å². The van der Waals surface area contributed by atoms with Crippen molar-refractivity contribution in [2.45, 2.75) is 12.8 Å². The van der Waals surface area contributed by atoms with Gasteiger partial charge in [-0.15, -0.1) is 23.7 Å². The lowest BCUT2D eigenvalue weighted by molar-refractivity contribution is 0.927. The third-order valence-electron chi connectivity index (χ3n) is 3.17. The van der Waals surface area contributed by atoms with Gasteiger partial charge in [0.2, 0.25) is 0 Å². The quantitative estimate of drug-likeness (QED) is 0.646. The Morgan fingerprint density at radius 3 is 2.74 bits per heavy atom. The monoisotopic (exact) mass is 411 g/mol. The van der Waals surface area contributed by atoms with E-state index in [0.717, 1.165) is 23.7 Å². The van der Waals surface area contributed by atoms with Gasteiger partial charge < -0.3 is 10.3 Å². The fraction of sp³-hybridized carbons (Fsp3) is 0.125. The highest BCUT2D eigenvalue weighted by atomic mass is 79.9. The number of H-pyrrole nitrogens is 1. The van der Waals surface area contributed by atoms with E-state index in [0.29, 0.717) is 10.3 Å². The number of nitrogens with one attached hydrogen (secondary N) is 2. The third kappa shape index (κ3) is 4.92. The predicted molar refractivity (Wildman–Crippen MR) is 101 cm³/mol. The van der Waals surface area contributed by atoms with E-state index in [4.69, 9.17) is 0 Å². The van der Waals surface area contributed by atoms with Crippen LogP contribution in [0.2, 0.25) is 0 Å². The van der Waals surface area contributed by atoms with Crippen molar-refractivity contribution in [3.8, 4) is 0 Å². The minimum Gasteiger partial charge on any atom is -0.347 e. The number of benzene rings is 1. The van der Waals surface area contributed by atoms with Crippen LogP contribution in [-0.2, 0) is 12.8 Å². The second kappa shape index (κ2) is 8.29. The van der Waals surface area contributed by atoms with Gasteiger partial charge in [-0.05, 0) is 34.3 Å². The lowest BCUT2D eigenvalue weighted by Crippen LogP contribution is -2.04. The smallest absolute Gasteiger partial charge is 0.197 e. The van der Waals surface area contributed by atoms with Crippen molar-refractivity contribution in [1.82, 2.24) is 9.97 Å². The Kier molecular flexibility index (Phi) is 6.38. The molecule has 2 N–H and O–H groups in total. The summed E-state index contributed by atoms with van der Waals surface area (Å²) in [5.74, 6) is 0.636. The molecule has 0 aliphatic heterocycles. The number of aromatic nitrogens is 2. The molecule has 0 aliphatic rings. The number of hydrogen-bond acceptors (Lipinski definition) is 4. The van der Waals surface area contributed by atoms with E-state index in [1.165, 1.54) is 23.0 Å². The van der Waals surface area contributed by atoms with Gasteiger partial charge in [-0.3, -0.25) is 4.79 Å². The van der Waals surface area contributed by atoms with Crippen LogP contribution in [0.5, 0.6) is 0 Å². The number of thiazole rings is 1. The summed E-state index contributed by atoms with van der Waals surface area (Å²) in [6.45, 7) is 0. The molecular formula is C16H15BrClN3OS. The molecule has 0 saturated carbocycles. The molecule has 0 radical (unpaired) electrons. The van der Waals surface area contributed by atoms with Crippen LogP contribution < -0.4 is 10.7 Å².